The van der Waals surface area contributed by atoms with Crippen LogP contribution in [0, 0.1) is 17.2 Å². The molecule has 1 atom stereocenters. The number of amides is 1. The fourth-order valence-corrected chi connectivity index (χ4v) is 1.80. The fourth-order valence-electron chi connectivity index (χ4n) is 1.80. The molecule has 7 heteroatoms. The van der Waals surface area contributed by atoms with E-state index in [0.717, 1.165) is 12.1 Å². The molecule has 0 saturated heterocycles. The molecule has 0 aromatic heterocycles. The Kier molecular flexibility index (Phi) is 5.33. The third-order valence-corrected chi connectivity index (χ3v) is 2.78. The van der Waals surface area contributed by atoms with Gasteiger partial charge >= 0.3 is 6.18 Å². The lowest BCUT2D eigenvalue weighted by molar-refractivity contribution is -0.137. The average Bonchev–Trinajstić information content (AvgIpc) is 2.36. The number of nitrogens with zero attached hydrogens (tertiary/aromatic N) is 1. The van der Waals surface area contributed by atoms with E-state index in [1.807, 2.05) is 13.8 Å². The number of rotatable bonds is 4. The lowest BCUT2D eigenvalue weighted by Gasteiger charge is -2.15. The number of hydrogen-bond donors (Lipinski definition) is 2. The van der Waals surface area contributed by atoms with Crippen LogP contribution < -0.4 is 11.1 Å². The highest BCUT2D eigenvalue weighted by Gasteiger charge is 2.34. The van der Waals surface area contributed by atoms with Gasteiger partial charge in [-0.05, 0) is 30.5 Å². The van der Waals surface area contributed by atoms with Crippen molar-refractivity contribution >= 4 is 11.6 Å². The number of benzene rings is 1. The average molecular weight is 299 g/mol. The van der Waals surface area contributed by atoms with Crippen molar-refractivity contribution in [1.82, 2.24) is 0 Å². The molecule has 0 heterocycles. The van der Waals surface area contributed by atoms with Gasteiger partial charge < -0.3 is 11.1 Å². The van der Waals surface area contributed by atoms with Crippen LogP contribution >= 0.6 is 0 Å². The highest BCUT2D eigenvalue weighted by molar-refractivity contribution is 5.94. The summed E-state index contributed by atoms with van der Waals surface area (Å²) >= 11 is 0. The van der Waals surface area contributed by atoms with Gasteiger partial charge in [-0.1, -0.05) is 13.8 Å². The zero-order valence-electron chi connectivity index (χ0n) is 11.7. The molecule has 1 aromatic rings. The zero-order valence-corrected chi connectivity index (χ0v) is 11.7. The van der Waals surface area contributed by atoms with E-state index < -0.39 is 29.3 Å². The molecule has 0 spiro atoms. The maximum atomic E-state index is 12.8. The van der Waals surface area contributed by atoms with Crippen molar-refractivity contribution in [2.45, 2.75) is 32.5 Å². The Morgan fingerprint density at radius 1 is 1.43 bits per heavy atom. The van der Waals surface area contributed by atoms with E-state index in [-0.39, 0.29) is 11.6 Å². The monoisotopic (exact) mass is 299 g/mol. The number of carbonyl (C=O) groups is 1. The van der Waals surface area contributed by atoms with Crippen molar-refractivity contribution in [3.63, 3.8) is 0 Å². The predicted octanol–water partition coefficient (Wildman–Crippen LogP) is 2.89. The van der Waals surface area contributed by atoms with Gasteiger partial charge in [0, 0.05) is 5.69 Å². The van der Waals surface area contributed by atoms with E-state index in [1.54, 1.807) is 0 Å². The largest absolute Gasteiger partial charge is 0.417 e. The van der Waals surface area contributed by atoms with Gasteiger partial charge in [0.2, 0.25) is 5.91 Å². The Labute approximate surface area is 120 Å². The molecule has 1 aromatic carbocycles. The molecule has 4 nitrogen and oxygen atoms in total. The second-order valence-electron chi connectivity index (χ2n) is 5.10. The van der Waals surface area contributed by atoms with Crippen molar-refractivity contribution in [1.29, 1.82) is 5.26 Å². The smallest absolute Gasteiger partial charge is 0.325 e. The standard InChI is InChI=1S/C14H16F3N3O/c1-8(2)5-12(19)13(21)20-10-4-3-9(7-18)11(6-10)14(15,16)17/h3-4,6,8,12H,5,19H2,1-2H3,(H,20,21)/t12-/m0/s1. The third kappa shape index (κ3) is 4.76. The maximum Gasteiger partial charge on any atom is 0.417 e. The summed E-state index contributed by atoms with van der Waals surface area (Å²) < 4.78 is 38.4. The van der Waals surface area contributed by atoms with E-state index in [1.165, 1.54) is 12.1 Å². The first-order valence-corrected chi connectivity index (χ1v) is 6.33. The number of alkyl halides is 3. The molecule has 1 amide bonds. The molecule has 114 valence electrons. The molecule has 0 fully saturated rings. The minimum Gasteiger partial charge on any atom is -0.325 e. The van der Waals surface area contributed by atoms with Crippen LogP contribution in [0.15, 0.2) is 18.2 Å². The highest BCUT2D eigenvalue weighted by atomic mass is 19.4. The van der Waals surface area contributed by atoms with Crippen LogP contribution in [0.3, 0.4) is 0 Å². The summed E-state index contributed by atoms with van der Waals surface area (Å²) in [6, 6.07) is 3.68. The Balaban J connectivity index is 2.96. The summed E-state index contributed by atoms with van der Waals surface area (Å²) in [7, 11) is 0. The molecule has 0 aliphatic carbocycles. The second-order valence-corrected chi connectivity index (χ2v) is 5.10. The molecule has 0 radical (unpaired) electrons. The number of halogens is 3. The van der Waals surface area contributed by atoms with Crippen molar-refractivity contribution in [2.75, 3.05) is 5.32 Å². The topological polar surface area (TPSA) is 78.9 Å². The van der Waals surface area contributed by atoms with Gasteiger partial charge in [0.1, 0.15) is 0 Å². The Bertz CT molecular complexity index is 562. The van der Waals surface area contributed by atoms with Crippen molar-refractivity contribution < 1.29 is 18.0 Å². The van der Waals surface area contributed by atoms with Crippen LogP contribution in [0.1, 0.15) is 31.4 Å². The first-order chi connectivity index (χ1) is 9.65. The van der Waals surface area contributed by atoms with E-state index in [4.69, 9.17) is 11.0 Å². The molecule has 0 aliphatic heterocycles. The Morgan fingerprint density at radius 3 is 2.52 bits per heavy atom. The van der Waals surface area contributed by atoms with Crippen LogP contribution in [0.2, 0.25) is 0 Å². The lowest BCUT2D eigenvalue weighted by atomic mass is 10.0. The summed E-state index contributed by atoms with van der Waals surface area (Å²) in [5, 5.41) is 11.0. The van der Waals surface area contributed by atoms with Gasteiger partial charge in [-0.15, -0.1) is 0 Å². The predicted molar refractivity (Wildman–Crippen MR) is 72.2 cm³/mol. The summed E-state index contributed by atoms with van der Waals surface area (Å²) in [6.07, 6.45) is -4.24. The zero-order chi connectivity index (χ0) is 16.2. The number of nitrogens with one attached hydrogen (secondary N) is 1. The van der Waals surface area contributed by atoms with Crippen LogP contribution in [0.25, 0.3) is 0 Å². The van der Waals surface area contributed by atoms with E-state index in [9.17, 15) is 18.0 Å². The van der Waals surface area contributed by atoms with E-state index in [0.29, 0.717) is 6.42 Å². The second kappa shape index (κ2) is 6.59. The summed E-state index contributed by atoms with van der Waals surface area (Å²) in [6.45, 7) is 3.77. The molecule has 21 heavy (non-hydrogen) atoms. The number of nitrogens with two attached hydrogens (primary N) is 1. The number of hydrogen-bond acceptors (Lipinski definition) is 3. The minimum absolute atomic E-state index is 0.0365. The quantitative estimate of drug-likeness (QED) is 0.897. The molecule has 0 aliphatic rings. The van der Waals surface area contributed by atoms with Gasteiger partial charge in [0.05, 0.1) is 23.2 Å². The van der Waals surface area contributed by atoms with Gasteiger partial charge in [-0.3, -0.25) is 4.79 Å². The molecule has 1 rings (SSSR count). The molecular weight excluding hydrogens is 283 g/mol. The SMILES string of the molecule is CC(C)C[C@H](N)C(=O)Nc1ccc(C#N)c(C(F)(F)F)c1. The fraction of sp³-hybridized carbons (Fsp3) is 0.429. The molecule has 0 unspecified atom stereocenters. The van der Waals surface area contributed by atoms with Gasteiger partial charge in [0.25, 0.3) is 0 Å². The highest BCUT2D eigenvalue weighted by Crippen LogP contribution is 2.33. The molecule has 0 bridgehead atoms. The van der Waals surface area contributed by atoms with Crippen molar-refractivity contribution in [3.8, 4) is 6.07 Å². The number of nitriles is 1. The summed E-state index contributed by atoms with van der Waals surface area (Å²) in [5.41, 5.74) is 4.05. The molecular formula is C14H16F3N3O. The maximum absolute atomic E-state index is 12.8. The van der Waals surface area contributed by atoms with Crippen LogP contribution in [0.5, 0.6) is 0 Å². The van der Waals surface area contributed by atoms with Crippen LogP contribution in [-0.4, -0.2) is 11.9 Å². The number of carbonyl (C=O) groups excluding carboxylic acids is 1. The van der Waals surface area contributed by atoms with Gasteiger partial charge in [-0.25, -0.2) is 0 Å². The first-order valence-electron chi connectivity index (χ1n) is 6.33. The Morgan fingerprint density at radius 2 is 2.05 bits per heavy atom. The normalized spacial score (nSPS) is 12.9. The van der Waals surface area contributed by atoms with E-state index in [2.05, 4.69) is 5.32 Å². The first kappa shape index (κ1) is 17.0. The molecule has 3 N–H and O–H groups in total. The van der Waals surface area contributed by atoms with E-state index >= 15 is 0 Å². The third-order valence-electron chi connectivity index (χ3n) is 2.78. The van der Waals surface area contributed by atoms with Gasteiger partial charge in [0.15, 0.2) is 0 Å². The van der Waals surface area contributed by atoms with Gasteiger partial charge in [-0.2, -0.15) is 18.4 Å². The lowest BCUT2D eigenvalue weighted by Crippen LogP contribution is -2.36. The Hall–Kier alpha value is -2.07. The summed E-state index contributed by atoms with van der Waals surface area (Å²) in [4.78, 5) is 11.8. The minimum atomic E-state index is -4.66. The van der Waals surface area contributed by atoms with Crippen LogP contribution in [0.4, 0.5) is 18.9 Å². The summed E-state index contributed by atoms with van der Waals surface area (Å²) in [5.74, 6) is -0.362. The van der Waals surface area contributed by atoms with Crippen LogP contribution in [-0.2, 0) is 11.0 Å². The van der Waals surface area contributed by atoms with Crippen molar-refractivity contribution in [2.24, 2.45) is 11.7 Å². The molecule has 0 saturated carbocycles. The number of anilines is 1. The van der Waals surface area contributed by atoms with Crippen molar-refractivity contribution in [3.05, 3.63) is 29.3 Å².